The molecular weight excluding hydrogens is 424 g/mol. The number of thiophene rings is 1. The Balaban J connectivity index is 1.29. The number of esters is 1. The number of hydrogen-bond donors (Lipinski definition) is 0. The minimum Gasteiger partial charge on any atom is -0.452 e. The number of hydrogen-bond acceptors (Lipinski definition) is 5. The zero-order valence-corrected chi connectivity index (χ0v) is 18.4. The normalized spacial score (nSPS) is 13.6. The van der Waals surface area contributed by atoms with Crippen molar-refractivity contribution in [3.8, 4) is 0 Å². The molecular formula is C25H24N2O4S. The van der Waals surface area contributed by atoms with E-state index in [1.54, 1.807) is 28.0 Å². The van der Waals surface area contributed by atoms with E-state index in [0.717, 1.165) is 11.1 Å². The van der Waals surface area contributed by atoms with Crippen LogP contribution < -0.4 is 0 Å². The van der Waals surface area contributed by atoms with Crippen LogP contribution in [0.25, 0.3) is 0 Å². The van der Waals surface area contributed by atoms with E-state index in [-0.39, 0.29) is 18.4 Å². The van der Waals surface area contributed by atoms with Crippen molar-refractivity contribution in [2.75, 3.05) is 32.8 Å². The largest absolute Gasteiger partial charge is 0.452 e. The Morgan fingerprint density at radius 1 is 0.812 bits per heavy atom. The lowest BCUT2D eigenvalue weighted by Gasteiger charge is -2.34. The molecule has 0 N–H and O–H groups in total. The van der Waals surface area contributed by atoms with Gasteiger partial charge in [-0.05, 0) is 35.1 Å². The van der Waals surface area contributed by atoms with E-state index in [0.29, 0.717) is 43.0 Å². The van der Waals surface area contributed by atoms with Crippen LogP contribution in [0.2, 0.25) is 0 Å². The molecule has 3 aromatic rings. The molecule has 2 aromatic carbocycles. The molecule has 1 aliphatic heterocycles. The average Bonchev–Trinajstić information content (AvgIpc) is 3.38. The molecule has 1 aromatic heterocycles. The molecule has 0 aliphatic carbocycles. The number of amides is 2. The molecule has 0 spiro atoms. The van der Waals surface area contributed by atoms with Gasteiger partial charge in [-0.25, -0.2) is 4.79 Å². The number of carbonyl (C=O) groups is 3. The van der Waals surface area contributed by atoms with Gasteiger partial charge in [0, 0.05) is 26.2 Å². The monoisotopic (exact) mass is 448 g/mol. The van der Waals surface area contributed by atoms with Crippen LogP contribution in [0.1, 0.15) is 31.2 Å². The Morgan fingerprint density at radius 2 is 1.50 bits per heavy atom. The van der Waals surface area contributed by atoms with Gasteiger partial charge < -0.3 is 14.5 Å². The molecule has 2 amide bonds. The van der Waals surface area contributed by atoms with Crippen LogP contribution in [0.5, 0.6) is 0 Å². The van der Waals surface area contributed by atoms with Crippen LogP contribution in [0, 0.1) is 0 Å². The standard InChI is InChI=1S/C25H24N2O4S/c28-23(26-12-14-27(15-13-26)24(29)22-11-6-16-32-22)18-31-25(30)21-10-5-4-9-20(21)17-19-7-2-1-3-8-19/h1-11,16H,12-15,17-18H2. The highest BCUT2D eigenvalue weighted by atomic mass is 32.1. The molecule has 6 nitrogen and oxygen atoms in total. The first-order chi connectivity index (χ1) is 15.6. The molecule has 1 aliphatic rings. The van der Waals surface area contributed by atoms with Crippen LogP contribution in [0.3, 0.4) is 0 Å². The van der Waals surface area contributed by atoms with Crippen molar-refractivity contribution in [1.29, 1.82) is 0 Å². The summed E-state index contributed by atoms with van der Waals surface area (Å²) in [5, 5.41) is 1.87. The summed E-state index contributed by atoms with van der Waals surface area (Å²) in [6, 6.07) is 20.8. The summed E-state index contributed by atoms with van der Waals surface area (Å²) < 4.78 is 5.35. The number of nitrogens with zero attached hydrogens (tertiary/aromatic N) is 2. The van der Waals surface area contributed by atoms with E-state index < -0.39 is 5.97 Å². The van der Waals surface area contributed by atoms with Gasteiger partial charge in [-0.15, -0.1) is 11.3 Å². The van der Waals surface area contributed by atoms with Gasteiger partial charge in [-0.3, -0.25) is 9.59 Å². The summed E-state index contributed by atoms with van der Waals surface area (Å²) in [6.45, 7) is 1.49. The van der Waals surface area contributed by atoms with Crippen molar-refractivity contribution in [2.24, 2.45) is 0 Å². The molecule has 4 rings (SSSR count). The molecule has 32 heavy (non-hydrogen) atoms. The molecule has 0 unspecified atom stereocenters. The van der Waals surface area contributed by atoms with Gasteiger partial charge in [-0.2, -0.15) is 0 Å². The van der Waals surface area contributed by atoms with E-state index in [9.17, 15) is 14.4 Å². The van der Waals surface area contributed by atoms with Crippen molar-refractivity contribution >= 4 is 29.1 Å². The van der Waals surface area contributed by atoms with Gasteiger partial charge in [0.05, 0.1) is 10.4 Å². The highest BCUT2D eigenvalue weighted by Gasteiger charge is 2.26. The summed E-state index contributed by atoms with van der Waals surface area (Å²) in [7, 11) is 0. The van der Waals surface area contributed by atoms with Crippen molar-refractivity contribution < 1.29 is 19.1 Å². The lowest BCUT2D eigenvalue weighted by atomic mass is 10.00. The Labute approximate surface area is 191 Å². The van der Waals surface area contributed by atoms with Crippen molar-refractivity contribution in [2.45, 2.75) is 6.42 Å². The summed E-state index contributed by atoms with van der Waals surface area (Å²) in [4.78, 5) is 41.8. The summed E-state index contributed by atoms with van der Waals surface area (Å²) in [5.41, 5.74) is 2.42. The fraction of sp³-hybridized carbons (Fsp3) is 0.240. The first-order valence-electron chi connectivity index (χ1n) is 10.5. The Bertz CT molecular complexity index is 1070. The second kappa shape index (κ2) is 10.2. The third-order valence-electron chi connectivity index (χ3n) is 5.45. The second-order valence-electron chi connectivity index (χ2n) is 7.55. The van der Waals surface area contributed by atoms with Crippen LogP contribution in [0.4, 0.5) is 0 Å². The SMILES string of the molecule is O=C(OCC(=O)N1CCN(C(=O)c2cccs2)CC1)c1ccccc1Cc1ccccc1. The Kier molecular flexibility index (Phi) is 6.97. The van der Waals surface area contributed by atoms with Crippen LogP contribution >= 0.6 is 11.3 Å². The zero-order chi connectivity index (χ0) is 22.3. The second-order valence-corrected chi connectivity index (χ2v) is 8.49. The first kappa shape index (κ1) is 21.8. The Morgan fingerprint density at radius 3 is 2.22 bits per heavy atom. The van der Waals surface area contributed by atoms with Gasteiger partial charge in [-0.1, -0.05) is 54.6 Å². The van der Waals surface area contributed by atoms with Gasteiger partial charge in [0.2, 0.25) is 0 Å². The third kappa shape index (κ3) is 5.23. The number of rotatable bonds is 6. The molecule has 7 heteroatoms. The maximum Gasteiger partial charge on any atom is 0.338 e. The van der Waals surface area contributed by atoms with E-state index in [2.05, 4.69) is 0 Å². The molecule has 0 atom stereocenters. The minimum atomic E-state index is -0.503. The van der Waals surface area contributed by atoms with E-state index in [1.807, 2.05) is 53.9 Å². The lowest BCUT2D eigenvalue weighted by Crippen LogP contribution is -2.51. The van der Waals surface area contributed by atoms with Crippen molar-refractivity contribution in [3.63, 3.8) is 0 Å². The number of ether oxygens (including phenoxy) is 1. The summed E-state index contributed by atoms with van der Waals surface area (Å²) in [6.07, 6.45) is 0.611. The highest BCUT2D eigenvalue weighted by Crippen LogP contribution is 2.16. The third-order valence-corrected chi connectivity index (χ3v) is 6.31. The lowest BCUT2D eigenvalue weighted by molar-refractivity contribution is -0.136. The fourth-order valence-electron chi connectivity index (χ4n) is 3.70. The molecule has 0 bridgehead atoms. The number of piperazine rings is 1. The topological polar surface area (TPSA) is 66.9 Å². The molecule has 0 saturated carbocycles. The van der Waals surface area contributed by atoms with E-state index >= 15 is 0 Å². The maximum atomic E-state index is 12.7. The predicted octanol–water partition coefficient (Wildman–Crippen LogP) is 3.48. The van der Waals surface area contributed by atoms with Gasteiger partial charge in [0.1, 0.15) is 0 Å². The van der Waals surface area contributed by atoms with Crippen LogP contribution in [-0.2, 0) is 16.0 Å². The summed E-state index contributed by atoms with van der Waals surface area (Å²) in [5.74, 6) is -0.757. The fourth-order valence-corrected chi connectivity index (χ4v) is 4.39. The van der Waals surface area contributed by atoms with Gasteiger partial charge in [0.25, 0.3) is 11.8 Å². The maximum absolute atomic E-state index is 12.7. The van der Waals surface area contributed by atoms with Crippen LogP contribution in [0.15, 0.2) is 72.1 Å². The van der Waals surface area contributed by atoms with E-state index in [1.165, 1.54) is 11.3 Å². The smallest absolute Gasteiger partial charge is 0.338 e. The predicted molar refractivity (Wildman–Crippen MR) is 123 cm³/mol. The Hall–Kier alpha value is -3.45. The number of carbonyl (C=O) groups excluding carboxylic acids is 3. The molecule has 1 fully saturated rings. The molecule has 2 heterocycles. The zero-order valence-electron chi connectivity index (χ0n) is 17.6. The van der Waals surface area contributed by atoms with Crippen molar-refractivity contribution in [1.82, 2.24) is 9.80 Å². The van der Waals surface area contributed by atoms with Gasteiger partial charge >= 0.3 is 5.97 Å². The first-order valence-corrected chi connectivity index (χ1v) is 11.4. The summed E-state index contributed by atoms with van der Waals surface area (Å²) >= 11 is 1.41. The van der Waals surface area contributed by atoms with Gasteiger partial charge in [0.15, 0.2) is 6.61 Å². The quantitative estimate of drug-likeness (QED) is 0.542. The van der Waals surface area contributed by atoms with E-state index in [4.69, 9.17) is 4.74 Å². The molecule has 1 saturated heterocycles. The minimum absolute atomic E-state index is 0.00597. The molecule has 0 radical (unpaired) electrons. The highest BCUT2D eigenvalue weighted by molar-refractivity contribution is 7.12. The van der Waals surface area contributed by atoms with Crippen LogP contribution in [-0.4, -0.2) is 60.4 Å². The molecule has 164 valence electrons. The number of benzene rings is 2. The average molecular weight is 449 g/mol. The van der Waals surface area contributed by atoms with Crippen molar-refractivity contribution in [3.05, 3.63) is 93.7 Å².